The van der Waals surface area contributed by atoms with Gasteiger partial charge in [-0.3, -0.25) is 4.79 Å². The summed E-state index contributed by atoms with van der Waals surface area (Å²) in [6, 6.07) is 5.63. The Morgan fingerprint density at radius 2 is 2.25 bits per heavy atom. The third-order valence-corrected chi connectivity index (χ3v) is 3.88. The Morgan fingerprint density at radius 1 is 1.45 bits per heavy atom. The molecule has 0 N–H and O–H groups in total. The average molecular weight is 295 g/mol. The van der Waals surface area contributed by atoms with Crippen molar-refractivity contribution in [3.05, 3.63) is 34.9 Å². The maximum absolute atomic E-state index is 11.7. The summed E-state index contributed by atoms with van der Waals surface area (Å²) in [4.78, 5) is 11.7. The first-order chi connectivity index (χ1) is 9.65. The molecule has 3 nitrogen and oxygen atoms in total. The van der Waals surface area contributed by atoms with Gasteiger partial charge in [-0.15, -0.1) is 0 Å². The van der Waals surface area contributed by atoms with Crippen LogP contribution in [0.5, 0.6) is 5.75 Å². The summed E-state index contributed by atoms with van der Waals surface area (Å²) < 4.78 is 10.3. The van der Waals surface area contributed by atoms with E-state index in [0.717, 1.165) is 24.2 Å². The Hall–Kier alpha value is -1.48. The molecule has 0 aliphatic heterocycles. The second-order valence-electron chi connectivity index (χ2n) is 4.80. The van der Waals surface area contributed by atoms with Crippen LogP contribution in [-0.2, 0) is 9.53 Å². The van der Waals surface area contributed by atoms with Gasteiger partial charge < -0.3 is 9.47 Å². The van der Waals surface area contributed by atoms with Gasteiger partial charge in [-0.25, -0.2) is 0 Å². The lowest BCUT2D eigenvalue weighted by molar-refractivity contribution is -0.148. The Morgan fingerprint density at radius 3 is 2.85 bits per heavy atom. The predicted molar refractivity (Wildman–Crippen MR) is 80.0 cm³/mol. The lowest BCUT2D eigenvalue weighted by Crippen LogP contribution is -2.19. The molecular formula is C16H19ClO3. The number of hydrogen-bond acceptors (Lipinski definition) is 3. The Labute approximate surface area is 124 Å². The van der Waals surface area contributed by atoms with Gasteiger partial charge in [-0.05, 0) is 55.5 Å². The first-order valence-electron chi connectivity index (χ1n) is 6.85. The molecule has 1 aliphatic rings. The molecule has 4 heteroatoms. The van der Waals surface area contributed by atoms with Crippen molar-refractivity contribution in [2.24, 2.45) is 5.92 Å². The SMILES string of the molecule is CCOC(=O)C1CC=C(c2cc(OC)ccc2Cl)CC1. The zero-order chi connectivity index (χ0) is 14.5. The first kappa shape index (κ1) is 14.9. The number of halogens is 1. The summed E-state index contributed by atoms with van der Waals surface area (Å²) in [5.74, 6) is 0.667. The van der Waals surface area contributed by atoms with Gasteiger partial charge in [0.15, 0.2) is 0 Å². The Balaban J connectivity index is 2.14. The number of benzene rings is 1. The van der Waals surface area contributed by atoms with Gasteiger partial charge in [0, 0.05) is 5.02 Å². The third kappa shape index (κ3) is 3.34. The molecule has 0 spiro atoms. The van der Waals surface area contributed by atoms with Gasteiger partial charge in [0.1, 0.15) is 5.75 Å². The monoisotopic (exact) mass is 294 g/mol. The van der Waals surface area contributed by atoms with Crippen molar-refractivity contribution < 1.29 is 14.3 Å². The van der Waals surface area contributed by atoms with E-state index in [-0.39, 0.29) is 11.9 Å². The zero-order valence-corrected chi connectivity index (χ0v) is 12.6. The van der Waals surface area contributed by atoms with E-state index in [1.54, 1.807) is 7.11 Å². The second kappa shape index (κ2) is 6.80. The van der Waals surface area contributed by atoms with Crippen molar-refractivity contribution in [2.75, 3.05) is 13.7 Å². The van der Waals surface area contributed by atoms with E-state index in [1.165, 1.54) is 5.57 Å². The number of rotatable bonds is 4. The maximum atomic E-state index is 11.7. The van der Waals surface area contributed by atoms with E-state index >= 15 is 0 Å². The fourth-order valence-corrected chi connectivity index (χ4v) is 2.67. The van der Waals surface area contributed by atoms with Gasteiger partial charge in [0.25, 0.3) is 0 Å². The highest BCUT2D eigenvalue weighted by molar-refractivity contribution is 6.32. The fraction of sp³-hybridized carbons (Fsp3) is 0.438. The number of allylic oxidation sites excluding steroid dienone is 2. The summed E-state index contributed by atoms with van der Waals surface area (Å²) in [5.41, 5.74) is 2.17. The van der Waals surface area contributed by atoms with Crippen LogP contribution in [0, 0.1) is 5.92 Å². The van der Waals surface area contributed by atoms with Crippen molar-refractivity contribution in [3.63, 3.8) is 0 Å². The number of methoxy groups -OCH3 is 1. The Bertz CT molecular complexity index is 522. The molecule has 1 atom stereocenters. The van der Waals surface area contributed by atoms with Crippen LogP contribution in [0.25, 0.3) is 5.57 Å². The minimum atomic E-state index is -0.0976. The molecule has 0 aromatic heterocycles. The van der Waals surface area contributed by atoms with E-state index in [4.69, 9.17) is 21.1 Å². The fourth-order valence-electron chi connectivity index (χ4n) is 2.43. The average Bonchev–Trinajstić information content (AvgIpc) is 2.48. The minimum absolute atomic E-state index is 0.0249. The quantitative estimate of drug-likeness (QED) is 0.785. The molecule has 2 rings (SSSR count). The molecule has 1 aromatic rings. The van der Waals surface area contributed by atoms with Crippen LogP contribution in [0.15, 0.2) is 24.3 Å². The molecule has 0 fully saturated rings. The summed E-state index contributed by atoms with van der Waals surface area (Å²) in [6.45, 7) is 2.27. The number of hydrogen-bond donors (Lipinski definition) is 0. The van der Waals surface area contributed by atoms with E-state index < -0.39 is 0 Å². The van der Waals surface area contributed by atoms with Crippen LogP contribution < -0.4 is 4.74 Å². The molecule has 1 unspecified atom stereocenters. The van der Waals surface area contributed by atoms with Crippen LogP contribution in [0.3, 0.4) is 0 Å². The summed E-state index contributed by atoms with van der Waals surface area (Å²) in [5, 5.41) is 0.714. The van der Waals surface area contributed by atoms with Crippen LogP contribution in [0.2, 0.25) is 5.02 Å². The highest BCUT2D eigenvalue weighted by Crippen LogP contribution is 2.35. The molecule has 108 valence electrons. The van der Waals surface area contributed by atoms with Crippen molar-refractivity contribution in [1.82, 2.24) is 0 Å². The van der Waals surface area contributed by atoms with Gasteiger partial charge in [-0.2, -0.15) is 0 Å². The van der Waals surface area contributed by atoms with E-state index in [0.29, 0.717) is 18.1 Å². The van der Waals surface area contributed by atoms with Gasteiger partial charge in [0.2, 0.25) is 0 Å². The highest BCUT2D eigenvalue weighted by atomic mass is 35.5. The molecule has 0 bridgehead atoms. The number of carbonyl (C=O) groups is 1. The predicted octanol–water partition coefficient (Wildman–Crippen LogP) is 4.10. The van der Waals surface area contributed by atoms with Crippen LogP contribution >= 0.6 is 11.6 Å². The van der Waals surface area contributed by atoms with Gasteiger partial charge in [0.05, 0.1) is 19.6 Å². The number of ether oxygens (including phenoxy) is 2. The molecular weight excluding hydrogens is 276 g/mol. The molecule has 20 heavy (non-hydrogen) atoms. The first-order valence-corrected chi connectivity index (χ1v) is 7.23. The van der Waals surface area contributed by atoms with Crippen molar-refractivity contribution in [2.45, 2.75) is 26.2 Å². The topological polar surface area (TPSA) is 35.5 Å². The molecule has 0 saturated heterocycles. The van der Waals surface area contributed by atoms with Crippen LogP contribution in [-0.4, -0.2) is 19.7 Å². The van der Waals surface area contributed by atoms with Crippen molar-refractivity contribution >= 4 is 23.1 Å². The summed E-state index contributed by atoms with van der Waals surface area (Å²) in [6.07, 6.45) is 4.43. The van der Waals surface area contributed by atoms with Crippen LogP contribution in [0.1, 0.15) is 31.7 Å². The number of carbonyl (C=O) groups excluding carboxylic acids is 1. The second-order valence-corrected chi connectivity index (χ2v) is 5.21. The molecule has 1 aliphatic carbocycles. The summed E-state index contributed by atoms with van der Waals surface area (Å²) >= 11 is 6.25. The highest BCUT2D eigenvalue weighted by Gasteiger charge is 2.23. The maximum Gasteiger partial charge on any atom is 0.309 e. The molecule has 1 aromatic carbocycles. The molecule has 0 radical (unpaired) electrons. The third-order valence-electron chi connectivity index (χ3n) is 3.55. The Kier molecular flexibility index (Phi) is 5.07. The van der Waals surface area contributed by atoms with E-state index in [2.05, 4.69) is 6.08 Å². The molecule has 0 amide bonds. The van der Waals surface area contributed by atoms with Crippen molar-refractivity contribution in [3.8, 4) is 5.75 Å². The van der Waals surface area contributed by atoms with E-state index in [1.807, 2.05) is 25.1 Å². The normalized spacial score (nSPS) is 18.4. The standard InChI is InChI=1S/C16H19ClO3/c1-3-20-16(18)12-6-4-11(5-7-12)14-10-13(19-2)8-9-15(14)17/h4,8-10,12H,3,5-7H2,1-2H3. The molecule has 0 saturated carbocycles. The number of esters is 1. The summed E-state index contributed by atoms with van der Waals surface area (Å²) in [7, 11) is 1.64. The lowest BCUT2D eigenvalue weighted by atomic mass is 9.86. The smallest absolute Gasteiger partial charge is 0.309 e. The van der Waals surface area contributed by atoms with Crippen LogP contribution in [0.4, 0.5) is 0 Å². The molecule has 0 heterocycles. The zero-order valence-electron chi connectivity index (χ0n) is 11.8. The van der Waals surface area contributed by atoms with Gasteiger partial charge >= 0.3 is 5.97 Å². The van der Waals surface area contributed by atoms with Gasteiger partial charge in [-0.1, -0.05) is 17.7 Å². The van der Waals surface area contributed by atoms with Crippen molar-refractivity contribution in [1.29, 1.82) is 0 Å². The lowest BCUT2D eigenvalue weighted by Gasteiger charge is -2.21. The van der Waals surface area contributed by atoms with E-state index in [9.17, 15) is 4.79 Å². The minimum Gasteiger partial charge on any atom is -0.497 e. The largest absolute Gasteiger partial charge is 0.497 e.